The Morgan fingerprint density at radius 3 is 2.67 bits per heavy atom. The standard InChI is InChI=1S/C20H28FN3O3/c1-22(2)19(25)14-24-17-7-4-15(20(24)26)12-23(13-17)10-3-11-27-18-8-5-16(21)6-9-18/h5-6,8-9,15,17H,3-4,7,10-14H2,1-2H3/t15-,17+/m1/s1. The highest BCUT2D eigenvalue weighted by Gasteiger charge is 2.41. The van der Waals surface area contributed by atoms with E-state index in [0.29, 0.717) is 12.4 Å². The molecule has 0 aromatic heterocycles. The van der Waals surface area contributed by atoms with Gasteiger partial charge in [-0.2, -0.15) is 0 Å². The molecule has 0 aliphatic carbocycles. The molecule has 6 nitrogen and oxygen atoms in total. The quantitative estimate of drug-likeness (QED) is 0.678. The summed E-state index contributed by atoms with van der Waals surface area (Å²) >= 11 is 0. The largest absolute Gasteiger partial charge is 0.494 e. The van der Waals surface area contributed by atoms with E-state index in [2.05, 4.69) is 4.90 Å². The molecule has 1 aromatic carbocycles. The normalized spacial score (nSPS) is 22.6. The first kappa shape index (κ1) is 19.6. The molecule has 2 atom stereocenters. The van der Waals surface area contributed by atoms with E-state index in [4.69, 9.17) is 4.74 Å². The van der Waals surface area contributed by atoms with E-state index in [1.165, 1.54) is 17.0 Å². The van der Waals surface area contributed by atoms with E-state index < -0.39 is 0 Å². The molecule has 3 heterocycles. The van der Waals surface area contributed by atoms with E-state index >= 15 is 0 Å². The fourth-order valence-corrected chi connectivity index (χ4v) is 3.82. The third kappa shape index (κ3) is 4.97. The van der Waals surface area contributed by atoms with Gasteiger partial charge in [-0.15, -0.1) is 0 Å². The predicted octanol–water partition coefficient (Wildman–Crippen LogP) is 1.61. The van der Waals surface area contributed by atoms with Gasteiger partial charge in [0.25, 0.3) is 0 Å². The summed E-state index contributed by atoms with van der Waals surface area (Å²) in [6.07, 6.45) is 2.69. The Labute approximate surface area is 159 Å². The van der Waals surface area contributed by atoms with Crippen LogP contribution in [0.4, 0.5) is 4.39 Å². The Morgan fingerprint density at radius 1 is 1.22 bits per heavy atom. The number of piperidine rings is 1. The first-order valence-electron chi connectivity index (χ1n) is 9.55. The van der Waals surface area contributed by atoms with Crippen LogP contribution in [0.15, 0.2) is 24.3 Å². The number of amides is 2. The number of rotatable bonds is 7. The lowest BCUT2D eigenvalue weighted by Gasteiger charge is -2.36. The van der Waals surface area contributed by atoms with Crippen molar-refractivity contribution < 1.29 is 18.7 Å². The van der Waals surface area contributed by atoms with E-state index in [1.807, 2.05) is 0 Å². The number of hydrogen-bond donors (Lipinski definition) is 0. The van der Waals surface area contributed by atoms with Crippen molar-refractivity contribution in [2.75, 3.05) is 46.9 Å². The van der Waals surface area contributed by atoms with Gasteiger partial charge in [0, 0.05) is 39.8 Å². The number of benzene rings is 1. The average molecular weight is 377 g/mol. The number of carbonyl (C=O) groups excluding carboxylic acids is 2. The van der Waals surface area contributed by atoms with E-state index in [0.717, 1.165) is 38.9 Å². The minimum Gasteiger partial charge on any atom is -0.494 e. The van der Waals surface area contributed by atoms with Crippen molar-refractivity contribution in [1.29, 1.82) is 0 Å². The van der Waals surface area contributed by atoms with Gasteiger partial charge < -0.3 is 19.4 Å². The summed E-state index contributed by atoms with van der Waals surface area (Å²) in [5.41, 5.74) is 0. The van der Waals surface area contributed by atoms with Crippen LogP contribution in [-0.4, -0.2) is 79.4 Å². The van der Waals surface area contributed by atoms with Crippen LogP contribution in [0.3, 0.4) is 0 Å². The highest BCUT2D eigenvalue weighted by atomic mass is 19.1. The summed E-state index contributed by atoms with van der Waals surface area (Å²) in [6, 6.07) is 6.13. The van der Waals surface area contributed by atoms with Crippen LogP contribution in [0, 0.1) is 11.7 Å². The predicted molar refractivity (Wildman–Crippen MR) is 99.9 cm³/mol. The van der Waals surface area contributed by atoms with Crippen LogP contribution in [0.1, 0.15) is 19.3 Å². The van der Waals surface area contributed by atoms with E-state index in [1.54, 1.807) is 31.1 Å². The lowest BCUT2D eigenvalue weighted by atomic mass is 9.94. The zero-order valence-electron chi connectivity index (χ0n) is 16.1. The molecular weight excluding hydrogens is 349 g/mol. The first-order valence-corrected chi connectivity index (χ1v) is 9.55. The van der Waals surface area contributed by atoms with Gasteiger partial charge in [0.1, 0.15) is 18.1 Å². The smallest absolute Gasteiger partial charge is 0.241 e. The Bertz CT molecular complexity index is 665. The molecule has 148 valence electrons. The molecule has 7 heteroatoms. The summed E-state index contributed by atoms with van der Waals surface area (Å²) in [5.74, 6) is 0.457. The van der Waals surface area contributed by atoms with Crippen LogP contribution in [0.25, 0.3) is 0 Å². The van der Waals surface area contributed by atoms with Crippen molar-refractivity contribution in [1.82, 2.24) is 14.7 Å². The van der Waals surface area contributed by atoms with Crippen LogP contribution in [-0.2, 0) is 9.59 Å². The molecule has 0 N–H and O–H groups in total. The van der Waals surface area contributed by atoms with Crippen molar-refractivity contribution in [3.05, 3.63) is 30.1 Å². The van der Waals surface area contributed by atoms with Crippen LogP contribution >= 0.6 is 0 Å². The number of likely N-dealkylation sites (N-methyl/N-ethyl adjacent to an activating group) is 1. The molecule has 0 radical (unpaired) electrons. The molecule has 2 bridgehead atoms. The molecule has 3 fully saturated rings. The summed E-state index contributed by atoms with van der Waals surface area (Å²) in [7, 11) is 3.44. The molecule has 0 spiro atoms. The highest BCUT2D eigenvalue weighted by molar-refractivity contribution is 5.86. The highest BCUT2D eigenvalue weighted by Crippen LogP contribution is 2.29. The van der Waals surface area contributed by atoms with Gasteiger partial charge in [-0.25, -0.2) is 4.39 Å². The minimum atomic E-state index is -0.274. The Kier molecular flexibility index (Phi) is 6.31. The van der Waals surface area contributed by atoms with Gasteiger partial charge in [-0.05, 0) is 43.5 Å². The van der Waals surface area contributed by atoms with Crippen molar-refractivity contribution in [3.63, 3.8) is 0 Å². The lowest BCUT2D eigenvalue weighted by molar-refractivity contribution is -0.145. The molecule has 3 aliphatic heterocycles. The maximum atomic E-state index is 12.9. The topological polar surface area (TPSA) is 53.1 Å². The molecule has 2 amide bonds. The molecule has 27 heavy (non-hydrogen) atoms. The summed E-state index contributed by atoms with van der Waals surface area (Å²) in [6.45, 7) is 3.12. The molecule has 3 saturated heterocycles. The number of hydrogen-bond acceptors (Lipinski definition) is 4. The van der Waals surface area contributed by atoms with E-state index in [9.17, 15) is 14.0 Å². The number of nitrogens with zero attached hydrogens (tertiary/aromatic N) is 3. The van der Waals surface area contributed by atoms with Gasteiger partial charge >= 0.3 is 0 Å². The van der Waals surface area contributed by atoms with Crippen molar-refractivity contribution in [2.24, 2.45) is 5.92 Å². The third-order valence-corrected chi connectivity index (χ3v) is 5.37. The van der Waals surface area contributed by atoms with Gasteiger partial charge in [0.15, 0.2) is 0 Å². The third-order valence-electron chi connectivity index (χ3n) is 5.37. The molecular formula is C20H28FN3O3. The number of halogens is 1. The second-order valence-corrected chi connectivity index (χ2v) is 7.60. The van der Waals surface area contributed by atoms with Crippen molar-refractivity contribution in [2.45, 2.75) is 25.3 Å². The second-order valence-electron chi connectivity index (χ2n) is 7.60. The molecule has 1 aromatic rings. The van der Waals surface area contributed by atoms with Crippen LogP contribution < -0.4 is 4.74 Å². The summed E-state index contributed by atoms with van der Waals surface area (Å²) < 4.78 is 18.6. The van der Waals surface area contributed by atoms with Crippen molar-refractivity contribution >= 4 is 11.8 Å². The molecule has 4 rings (SSSR count). The maximum Gasteiger partial charge on any atom is 0.241 e. The first-order chi connectivity index (χ1) is 12.9. The van der Waals surface area contributed by atoms with Crippen LogP contribution in [0.2, 0.25) is 0 Å². The molecule has 0 unspecified atom stereocenters. The zero-order chi connectivity index (χ0) is 19.4. The van der Waals surface area contributed by atoms with Gasteiger partial charge in [0.05, 0.1) is 12.5 Å². The number of carbonyl (C=O) groups is 2. The average Bonchev–Trinajstić information content (AvgIpc) is 2.92. The Hall–Kier alpha value is -2.15. The number of fused-ring (bicyclic) bond motifs is 4. The SMILES string of the molecule is CN(C)C(=O)CN1C(=O)[C@@H]2CC[C@H]1CN(CCCOc1ccc(F)cc1)C2. The van der Waals surface area contributed by atoms with Crippen molar-refractivity contribution in [3.8, 4) is 5.75 Å². The monoisotopic (exact) mass is 377 g/mol. The molecule has 0 saturated carbocycles. The van der Waals surface area contributed by atoms with Crippen LogP contribution in [0.5, 0.6) is 5.75 Å². The molecule has 3 aliphatic rings. The fraction of sp³-hybridized carbons (Fsp3) is 0.600. The number of ether oxygens (including phenoxy) is 1. The fourth-order valence-electron chi connectivity index (χ4n) is 3.82. The lowest BCUT2D eigenvalue weighted by Crippen LogP contribution is -2.51. The van der Waals surface area contributed by atoms with Gasteiger partial charge in [-0.3, -0.25) is 9.59 Å². The second kappa shape index (κ2) is 8.69. The van der Waals surface area contributed by atoms with Gasteiger partial charge in [-0.1, -0.05) is 0 Å². The summed E-state index contributed by atoms with van der Waals surface area (Å²) in [4.78, 5) is 30.4. The van der Waals surface area contributed by atoms with E-state index in [-0.39, 0.29) is 36.1 Å². The maximum absolute atomic E-state index is 12.9. The Balaban J connectivity index is 1.49. The zero-order valence-corrected chi connectivity index (χ0v) is 16.1. The minimum absolute atomic E-state index is 0.0169. The van der Waals surface area contributed by atoms with Gasteiger partial charge in [0.2, 0.25) is 11.8 Å². The Morgan fingerprint density at radius 2 is 1.96 bits per heavy atom. The summed E-state index contributed by atoms with van der Waals surface area (Å²) in [5, 5.41) is 0.